The van der Waals surface area contributed by atoms with Gasteiger partial charge in [-0.2, -0.15) is 5.10 Å². The second kappa shape index (κ2) is 6.44. The molecule has 1 saturated heterocycles. The number of hydrogen-bond donors (Lipinski definition) is 3. The van der Waals surface area contributed by atoms with Gasteiger partial charge >= 0.3 is 0 Å². The van der Waals surface area contributed by atoms with Gasteiger partial charge in [0.05, 0.1) is 29.7 Å². The number of nitrogens with zero attached hydrogens (tertiary/aromatic N) is 3. The van der Waals surface area contributed by atoms with Gasteiger partial charge in [0.2, 0.25) is 5.91 Å². The molecule has 1 amide bonds. The molecule has 7 heteroatoms. The van der Waals surface area contributed by atoms with Crippen LogP contribution in [0.5, 0.6) is 0 Å². The molecule has 4 N–H and O–H groups in total. The zero-order valence-corrected chi connectivity index (χ0v) is 13.0. The number of nitrogen functional groups attached to an aromatic ring is 1. The van der Waals surface area contributed by atoms with Crippen LogP contribution in [0, 0.1) is 13.8 Å². The monoisotopic (exact) mass is 295 g/mol. The summed E-state index contributed by atoms with van der Waals surface area (Å²) < 4.78 is 1.76. The molecule has 2 heterocycles. The van der Waals surface area contributed by atoms with Crippen molar-refractivity contribution in [1.82, 2.24) is 20.0 Å². The third kappa shape index (κ3) is 3.95. The van der Waals surface area contributed by atoms with Crippen LogP contribution in [-0.2, 0) is 11.3 Å². The second-order valence-corrected chi connectivity index (χ2v) is 5.87. The summed E-state index contributed by atoms with van der Waals surface area (Å²) in [6, 6.07) is 0.194. The molecule has 2 rings (SSSR count). The number of hydrogen-bond acceptors (Lipinski definition) is 5. The van der Waals surface area contributed by atoms with E-state index in [1.807, 2.05) is 13.8 Å². The number of amides is 1. The summed E-state index contributed by atoms with van der Waals surface area (Å²) in [7, 11) is 0. The normalized spacial score (nSPS) is 20.7. The average molecular weight is 295 g/mol. The number of rotatable bonds is 5. The van der Waals surface area contributed by atoms with Gasteiger partial charge in [-0.05, 0) is 20.3 Å². The summed E-state index contributed by atoms with van der Waals surface area (Å²) in [5.41, 5.74) is 8.27. The van der Waals surface area contributed by atoms with Crippen LogP contribution in [0.4, 0.5) is 5.69 Å². The van der Waals surface area contributed by atoms with Crippen molar-refractivity contribution in [3.63, 3.8) is 0 Å². The largest absolute Gasteiger partial charge is 0.396 e. The summed E-state index contributed by atoms with van der Waals surface area (Å²) in [6.45, 7) is 8.00. The third-order valence-corrected chi connectivity index (χ3v) is 3.97. The smallest absolute Gasteiger partial charge is 0.217 e. The first kappa shape index (κ1) is 15.8. The Morgan fingerprint density at radius 2 is 2.24 bits per heavy atom. The highest BCUT2D eigenvalue weighted by molar-refractivity contribution is 5.73. The van der Waals surface area contributed by atoms with Crippen molar-refractivity contribution in [1.29, 1.82) is 0 Å². The highest BCUT2D eigenvalue weighted by Crippen LogP contribution is 2.16. The third-order valence-electron chi connectivity index (χ3n) is 3.97. The van der Waals surface area contributed by atoms with Gasteiger partial charge < -0.3 is 16.2 Å². The maximum absolute atomic E-state index is 11.0. The first-order chi connectivity index (χ1) is 9.86. The van der Waals surface area contributed by atoms with E-state index in [-0.39, 0.29) is 11.9 Å². The van der Waals surface area contributed by atoms with Crippen LogP contribution in [0.25, 0.3) is 0 Å². The number of aliphatic hydroxyl groups is 1. The van der Waals surface area contributed by atoms with E-state index >= 15 is 0 Å². The van der Waals surface area contributed by atoms with E-state index in [9.17, 15) is 9.90 Å². The van der Waals surface area contributed by atoms with E-state index in [4.69, 9.17) is 5.73 Å². The first-order valence-electron chi connectivity index (χ1n) is 7.33. The number of likely N-dealkylation sites (tertiary alicyclic amines) is 1. The van der Waals surface area contributed by atoms with Gasteiger partial charge in [0.1, 0.15) is 0 Å². The van der Waals surface area contributed by atoms with E-state index in [1.165, 1.54) is 6.92 Å². The lowest BCUT2D eigenvalue weighted by Crippen LogP contribution is -2.38. The Morgan fingerprint density at radius 3 is 2.81 bits per heavy atom. The van der Waals surface area contributed by atoms with E-state index in [2.05, 4.69) is 15.3 Å². The molecule has 0 radical (unpaired) electrons. The van der Waals surface area contributed by atoms with Crippen LogP contribution in [0.3, 0.4) is 0 Å². The molecule has 0 saturated carbocycles. The molecule has 118 valence electrons. The Kier molecular flexibility index (Phi) is 4.84. The zero-order chi connectivity index (χ0) is 15.6. The molecule has 7 nitrogen and oxygen atoms in total. The number of aliphatic hydroxyl groups excluding tert-OH is 1. The van der Waals surface area contributed by atoms with Crippen molar-refractivity contribution in [2.24, 2.45) is 0 Å². The Balaban J connectivity index is 1.84. The van der Waals surface area contributed by atoms with Gasteiger partial charge in [-0.3, -0.25) is 14.4 Å². The minimum Gasteiger partial charge on any atom is -0.396 e. The molecule has 0 bridgehead atoms. The van der Waals surface area contributed by atoms with E-state index in [1.54, 1.807) is 4.68 Å². The number of aromatic nitrogens is 2. The summed E-state index contributed by atoms with van der Waals surface area (Å²) >= 11 is 0. The number of nitrogens with two attached hydrogens (primary N) is 1. The minimum absolute atomic E-state index is 0.000477. The summed E-state index contributed by atoms with van der Waals surface area (Å²) in [6.07, 6.45) is 0.428. The molecule has 1 aromatic rings. The van der Waals surface area contributed by atoms with E-state index < -0.39 is 6.10 Å². The average Bonchev–Trinajstić information content (AvgIpc) is 2.90. The fraction of sp³-hybridized carbons (Fsp3) is 0.714. The van der Waals surface area contributed by atoms with Crippen LogP contribution in [0.15, 0.2) is 0 Å². The standard InChI is InChI=1S/C14H25N5O2/c1-9-14(15)10(2)19(17-9)8-13(21)7-18-5-4-12(6-18)16-11(3)20/h12-13,21H,4-8,15H2,1-3H3,(H,16,20). The lowest BCUT2D eigenvalue weighted by atomic mass is 10.2. The Morgan fingerprint density at radius 1 is 1.52 bits per heavy atom. The number of carbonyl (C=O) groups excluding carboxylic acids is 1. The Labute approximate surface area is 125 Å². The van der Waals surface area contributed by atoms with Crippen molar-refractivity contribution in [3.8, 4) is 0 Å². The fourth-order valence-electron chi connectivity index (χ4n) is 2.85. The van der Waals surface area contributed by atoms with Crippen molar-refractivity contribution in [3.05, 3.63) is 11.4 Å². The highest BCUT2D eigenvalue weighted by atomic mass is 16.3. The van der Waals surface area contributed by atoms with Crippen molar-refractivity contribution < 1.29 is 9.90 Å². The van der Waals surface area contributed by atoms with Crippen LogP contribution in [0.1, 0.15) is 24.7 Å². The molecule has 0 aliphatic carbocycles. The van der Waals surface area contributed by atoms with Crippen molar-refractivity contribution in [2.75, 3.05) is 25.4 Å². The van der Waals surface area contributed by atoms with Crippen LogP contribution in [-0.4, -0.2) is 57.5 Å². The van der Waals surface area contributed by atoms with Crippen LogP contribution >= 0.6 is 0 Å². The van der Waals surface area contributed by atoms with Crippen molar-refractivity contribution >= 4 is 11.6 Å². The maximum atomic E-state index is 11.0. The minimum atomic E-state index is -0.501. The SMILES string of the molecule is CC(=O)NC1CCN(CC(O)Cn2nc(C)c(N)c2C)C1. The summed E-state index contributed by atoms with van der Waals surface area (Å²) in [5, 5.41) is 17.5. The molecular weight excluding hydrogens is 270 g/mol. The molecule has 1 aliphatic rings. The molecule has 2 atom stereocenters. The van der Waals surface area contributed by atoms with Gasteiger partial charge in [-0.15, -0.1) is 0 Å². The summed E-state index contributed by atoms with van der Waals surface area (Å²) in [5.74, 6) is 0.000477. The number of β-amino-alcohol motifs (C(OH)–C–C–N with tert-alkyl or cyclic N) is 1. The number of nitrogens with one attached hydrogen (secondary N) is 1. The van der Waals surface area contributed by atoms with Gasteiger partial charge in [-0.1, -0.05) is 0 Å². The topological polar surface area (TPSA) is 96.4 Å². The number of anilines is 1. The quantitative estimate of drug-likeness (QED) is 0.690. The van der Waals surface area contributed by atoms with Gasteiger partial charge in [-0.25, -0.2) is 0 Å². The van der Waals surface area contributed by atoms with Crippen molar-refractivity contribution in [2.45, 2.75) is 45.9 Å². The molecule has 1 aliphatic heterocycles. The molecule has 0 spiro atoms. The lowest BCUT2D eigenvalue weighted by Gasteiger charge is -2.20. The van der Waals surface area contributed by atoms with Gasteiger partial charge in [0.15, 0.2) is 0 Å². The van der Waals surface area contributed by atoms with E-state index in [0.717, 1.165) is 30.9 Å². The second-order valence-electron chi connectivity index (χ2n) is 5.87. The molecule has 21 heavy (non-hydrogen) atoms. The van der Waals surface area contributed by atoms with Crippen LogP contribution < -0.4 is 11.1 Å². The first-order valence-corrected chi connectivity index (χ1v) is 7.33. The summed E-state index contributed by atoms with van der Waals surface area (Å²) in [4.78, 5) is 13.2. The predicted molar refractivity (Wildman–Crippen MR) is 80.8 cm³/mol. The zero-order valence-electron chi connectivity index (χ0n) is 13.0. The molecule has 1 fully saturated rings. The Hall–Kier alpha value is -1.60. The van der Waals surface area contributed by atoms with Gasteiger partial charge in [0, 0.05) is 32.6 Å². The van der Waals surface area contributed by atoms with Crippen LogP contribution in [0.2, 0.25) is 0 Å². The molecular formula is C14H25N5O2. The number of carbonyl (C=O) groups is 1. The molecule has 1 aromatic heterocycles. The molecule has 0 aromatic carbocycles. The highest BCUT2D eigenvalue weighted by Gasteiger charge is 2.25. The van der Waals surface area contributed by atoms with E-state index in [0.29, 0.717) is 18.8 Å². The maximum Gasteiger partial charge on any atom is 0.217 e. The Bertz CT molecular complexity index is 514. The molecule has 2 unspecified atom stereocenters. The van der Waals surface area contributed by atoms with Gasteiger partial charge in [0.25, 0.3) is 0 Å². The predicted octanol–water partition coefficient (Wildman–Crippen LogP) is -0.347. The lowest BCUT2D eigenvalue weighted by molar-refractivity contribution is -0.119. The number of aryl methyl sites for hydroxylation is 1. The fourth-order valence-corrected chi connectivity index (χ4v) is 2.85.